The highest BCUT2D eigenvalue weighted by Crippen LogP contribution is 2.30. The molecule has 40 heavy (non-hydrogen) atoms. The fourth-order valence-electron chi connectivity index (χ4n) is 6.03. The van der Waals surface area contributed by atoms with E-state index in [1.807, 2.05) is 11.0 Å². The lowest BCUT2D eigenvalue weighted by Gasteiger charge is -2.37. The van der Waals surface area contributed by atoms with Gasteiger partial charge in [-0.2, -0.15) is 10.2 Å². The number of piperidine rings is 2. The molecule has 0 bridgehead atoms. The number of amides is 1. The molecule has 8 nitrogen and oxygen atoms in total. The smallest absolute Gasteiger partial charge is 0.333 e. The zero-order valence-electron chi connectivity index (χ0n) is 21.8. The topological polar surface area (TPSA) is 76.3 Å². The molecule has 0 aliphatic carbocycles. The highest BCUT2D eigenvalue weighted by atomic mass is 19.2. The van der Waals surface area contributed by atoms with E-state index in [0.717, 1.165) is 50.2 Å². The largest absolute Gasteiger partial charge is 0.342 e. The fourth-order valence-corrected chi connectivity index (χ4v) is 6.03. The molecule has 2 aromatic heterocycles. The highest BCUT2D eigenvalue weighted by molar-refractivity contribution is 5.80. The molecule has 2 saturated heterocycles. The average Bonchev–Trinajstić information content (AvgIpc) is 3.26. The molecular formula is C29H29F3N6O2. The minimum Gasteiger partial charge on any atom is -0.342 e. The number of hydrogen-bond donors (Lipinski definition) is 0. The minimum atomic E-state index is -1.09. The maximum Gasteiger partial charge on any atom is 0.333 e. The summed E-state index contributed by atoms with van der Waals surface area (Å²) < 4.78 is 44.6. The summed E-state index contributed by atoms with van der Waals surface area (Å²) in [5.74, 6) is -2.52. The van der Waals surface area contributed by atoms with Gasteiger partial charge in [-0.25, -0.2) is 18.0 Å². The van der Waals surface area contributed by atoms with Crippen LogP contribution >= 0.6 is 0 Å². The highest BCUT2D eigenvalue weighted by Gasteiger charge is 2.32. The molecule has 208 valence electrons. The van der Waals surface area contributed by atoms with Gasteiger partial charge in [0, 0.05) is 49.9 Å². The average molecular weight is 551 g/mol. The van der Waals surface area contributed by atoms with Gasteiger partial charge in [-0.3, -0.25) is 18.8 Å². The molecule has 4 heterocycles. The maximum absolute atomic E-state index is 14.2. The number of nitrogens with zero attached hydrogens (tertiary/aromatic N) is 6. The lowest BCUT2D eigenvalue weighted by atomic mass is 9.93. The Hall–Kier alpha value is -3.99. The standard InChI is InChI=1S/C29H29F3N6O2/c30-21-1-4-26-27(15-21)38(23-2-3-24(31)25(32)16-23)29(40)37(26)22-8-13-36(14-9-22)28(39)20-6-11-35(12-7-20)18-19-5-10-33-34-17-19/h1-5,10,15-17,20,22H,6-9,11-14,18H2. The molecular weight excluding hydrogens is 521 g/mol. The van der Waals surface area contributed by atoms with Crippen molar-refractivity contribution < 1.29 is 18.0 Å². The van der Waals surface area contributed by atoms with Crippen LogP contribution in [-0.4, -0.2) is 61.2 Å². The number of aromatic nitrogens is 4. The summed E-state index contributed by atoms with van der Waals surface area (Å²) in [5, 5.41) is 7.74. The summed E-state index contributed by atoms with van der Waals surface area (Å²) in [6.07, 6.45) is 6.16. The molecule has 11 heteroatoms. The van der Waals surface area contributed by atoms with Crippen LogP contribution in [0.3, 0.4) is 0 Å². The van der Waals surface area contributed by atoms with E-state index < -0.39 is 23.1 Å². The number of imidazole rings is 1. The number of carbonyl (C=O) groups excluding carboxylic acids is 1. The third-order valence-corrected chi connectivity index (χ3v) is 8.13. The first-order chi connectivity index (χ1) is 19.4. The SMILES string of the molecule is O=C(C1CCN(Cc2ccnnc2)CC1)N1CCC(n2c(=O)n(-c3ccc(F)c(F)c3)c3cc(F)ccc32)CC1. The number of hydrogen-bond acceptors (Lipinski definition) is 5. The number of carbonyl (C=O) groups is 1. The number of halogens is 3. The van der Waals surface area contributed by atoms with Crippen LogP contribution in [0.1, 0.15) is 37.3 Å². The number of fused-ring (bicyclic) bond motifs is 1. The normalized spacial score (nSPS) is 17.5. The van der Waals surface area contributed by atoms with Gasteiger partial charge in [0.1, 0.15) is 5.82 Å². The van der Waals surface area contributed by atoms with Gasteiger partial charge in [-0.05, 0) is 74.7 Å². The van der Waals surface area contributed by atoms with Gasteiger partial charge < -0.3 is 4.90 Å². The molecule has 0 radical (unpaired) electrons. The quantitative estimate of drug-likeness (QED) is 0.375. The van der Waals surface area contributed by atoms with Gasteiger partial charge in [0.2, 0.25) is 5.91 Å². The van der Waals surface area contributed by atoms with Crippen molar-refractivity contribution >= 4 is 16.9 Å². The molecule has 2 aromatic carbocycles. The predicted molar refractivity (Wildman–Crippen MR) is 142 cm³/mol. The van der Waals surface area contributed by atoms with Crippen LogP contribution in [0.5, 0.6) is 0 Å². The van der Waals surface area contributed by atoms with Crippen LogP contribution in [0.25, 0.3) is 16.7 Å². The first-order valence-corrected chi connectivity index (χ1v) is 13.5. The van der Waals surface area contributed by atoms with Gasteiger partial charge in [-0.1, -0.05) is 0 Å². The molecule has 4 aromatic rings. The van der Waals surface area contributed by atoms with Crippen molar-refractivity contribution in [1.29, 1.82) is 0 Å². The van der Waals surface area contributed by atoms with Crippen molar-refractivity contribution in [1.82, 2.24) is 29.1 Å². The Morgan fingerprint density at radius 1 is 0.850 bits per heavy atom. The molecule has 0 N–H and O–H groups in total. The zero-order valence-corrected chi connectivity index (χ0v) is 21.8. The second kappa shape index (κ2) is 10.9. The van der Waals surface area contributed by atoms with Crippen LogP contribution < -0.4 is 5.69 Å². The summed E-state index contributed by atoms with van der Waals surface area (Å²) in [6, 6.07) is 8.97. The molecule has 2 aliphatic rings. The molecule has 2 fully saturated rings. The van der Waals surface area contributed by atoms with E-state index in [1.54, 1.807) is 17.0 Å². The van der Waals surface area contributed by atoms with Crippen molar-refractivity contribution in [2.45, 2.75) is 38.3 Å². The lowest BCUT2D eigenvalue weighted by Crippen LogP contribution is -2.46. The molecule has 0 spiro atoms. The lowest BCUT2D eigenvalue weighted by molar-refractivity contribution is -0.138. The maximum atomic E-state index is 14.2. The Morgan fingerprint density at radius 3 is 2.33 bits per heavy atom. The Bertz CT molecular complexity index is 1590. The van der Waals surface area contributed by atoms with Crippen molar-refractivity contribution in [2.24, 2.45) is 5.92 Å². The molecule has 1 amide bonds. The van der Waals surface area contributed by atoms with Crippen LogP contribution in [0.15, 0.2) is 59.7 Å². The van der Waals surface area contributed by atoms with Gasteiger partial charge in [-0.15, -0.1) is 0 Å². The molecule has 0 saturated carbocycles. The second-order valence-corrected chi connectivity index (χ2v) is 10.6. The minimum absolute atomic E-state index is 0.0238. The summed E-state index contributed by atoms with van der Waals surface area (Å²) in [6.45, 7) is 3.49. The Kier molecular flexibility index (Phi) is 7.14. The molecule has 6 rings (SSSR count). The van der Waals surface area contributed by atoms with Gasteiger partial charge in [0.05, 0.1) is 22.9 Å². The van der Waals surface area contributed by atoms with E-state index in [9.17, 15) is 22.8 Å². The van der Waals surface area contributed by atoms with E-state index in [1.165, 1.54) is 28.8 Å². The van der Waals surface area contributed by atoms with Gasteiger partial charge >= 0.3 is 5.69 Å². The van der Waals surface area contributed by atoms with Crippen LogP contribution in [0.2, 0.25) is 0 Å². The third kappa shape index (κ3) is 5.01. The van der Waals surface area contributed by atoms with Gasteiger partial charge in [0.25, 0.3) is 0 Å². The Labute approximate surface area is 228 Å². The summed E-state index contributed by atoms with van der Waals surface area (Å²) in [5.41, 5.74) is 1.57. The molecule has 0 unspecified atom stereocenters. The van der Waals surface area contributed by atoms with E-state index in [2.05, 4.69) is 15.1 Å². The second-order valence-electron chi connectivity index (χ2n) is 10.6. The fraction of sp³-hybridized carbons (Fsp3) is 0.379. The van der Waals surface area contributed by atoms with Crippen LogP contribution in [-0.2, 0) is 11.3 Å². The molecule has 2 aliphatic heterocycles. The first kappa shape index (κ1) is 26.2. The van der Waals surface area contributed by atoms with E-state index in [-0.39, 0.29) is 29.1 Å². The van der Waals surface area contributed by atoms with E-state index in [4.69, 9.17) is 0 Å². The first-order valence-electron chi connectivity index (χ1n) is 13.5. The Balaban J connectivity index is 1.15. The van der Waals surface area contributed by atoms with Crippen LogP contribution in [0.4, 0.5) is 13.2 Å². The number of likely N-dealkylation sites (tertiary alicyclic amines) is 2. The Morgan fingerprint density at radius 2 is 1.62 bits per heavy atom. The summed E-state index contributed by atoms with van der Waals surface area (Å²) in [4.78, 5) is 31.2. The van der Waals surface area contributed by atoms with Crippen molar-refractivity contribution in [3.05, 3.63) is 88.4 Å². The molecule has 0 atom stereocenters. The van der Waals surface area contributed by atoms with Crippen molar-refractivity contribution in [2.75, 3.05) is 26.2 Å². The zero-order chi connectivity index (χ0) is 27.8. The number of rotatable bonds is 5. The predicted octanol–water partition coefficient (Wildman–Crippen LogP) is 4.08. The van der Waals surface area contributed by atoms with Crippen molar-refractivity contribution in [3.63, 3.8) is 0 Å². The third-order valence-electron chi connectivity index (χ3n) is 8.13. The number of benzene rings is 2. The summed E-state index contributed by atoms with van der Waals surface area (Å²) in [7, 11) is 0. The van der Waals surface area contributed by atoms with E-state index >= 15 is 0 Å². The monoisotopic (exact) mass is 550 g/mol. The van der Waals surface area contributed by atoms with Crippen molar-refractivity contribution in [3.8, 4) is 5.69 Å². The van der Waals surface area contributed by atoms with E-state index in [0.29, 0.717) is 31.4 Å². The summed E-state index contributed by atoms with van der Waals surface area (Å²) >= 11 is 0. The van der Waals surface area contributed by atoms with Gasteiger partial charge in [0.15, 0.2) is 11.6 Å². The van der Waals surface area contributed by atoms with Crippen LogP contribution in [0, 0.1) is 23.4 Å².